The maximum Gasteiger partial charge on any atom is 0.250 e. The molecule has 1 fully saturated rings. The molecule has 7 nitrogen and oxygen atoms in total. The maximum atomic E-state index is 11.9. The van der Waals surface area contributed by atoms with Crippen LogP contribution in [-0.4, -0.2) is 34.3 Å². The second kappa shape index (κ2) is 10.6. The van der Waals surface area contributed by atoms with Gasteiger partial charge in [-0.3, -0.25) is 9.78 Å². The van der Waals surface area contributed by atoms with E-state index in [1.165, 1.54) is 7.11 Å². The Bertz CT molecular complexity index is 1380. The first-order valence-corrected chi connectivity index (χ1v) is 12.6. The number of nitrogens with one attached hydrogen (secondary N) is 2. The Morgan fingerprint density at radius 1 is 1.08 bits per heavy atom. The third-order valence-electron chi connectivity index (χ3n) is 5.97. The lowest BCUT2D eigenvalue weighted by atomic mass is 10.0. The van der Waals surface area contributed by atoms with Gasteiger partial charge in [-0.15, -0.1) is 0 Å². The number of hydrogen-bond donors (Lipinski definition) is 2. The Morgan fingerprint density at radius 3 is 2.64 bits per heavy atom. The van der Waals surface area contributed by atoms with Gasteiger partial charge in [0.25, 0.3) is 0 Å². The average molecular weight is 562 g/mol. The standard InChI is InChI=1S/C27H24BrN5O2S/c1-35-17-24(34)30-19-10-12-20(13-11-19)33-26(25(31-27(33)36)22-8-2-3-14-29-22)23-9-5-15-32(23)21-7-4-6-18(28)16-21/h2-16,25-26H,17H2,1H3,(H,30,34)(H,31,36)/t25-,26-/m0/s1. The summed E-state index contributed by atoms with van der Waals surface area (Å²) in [6.07, 6.45) is 3.85. The molecule has 2 aromatic carbocycles. The van der Waals surface area contributed by atoms with Crippen LogP contribution in [0.4, 0.5) is 11.4 Å². The van der Waals surface area contributed by atoms with E-state index < -0.39 is 0 Å². The zero-order valence-electron chi connectivity index (χ0n) is 19.5. The molecule has 1 aliphatic rings. The minimum atomic E-state index is -0.205. The quantitative estimate of drug-likeness (QED) is 0.294. The van der Waals surface area contributed by atoms with E-state index in [4.69, 9.17) is 17.0 Å². The number of carbonyl (C=O) groups excluding carboxylic acids is 1. The van der Waals surface area contributed by atoms with Crippen molar-refractivity contribution < 1.29 is 9.53 Å². The van der Waals surface area contributed by atoms with Crippen LogP contribution < -0.4 is 15.5 Å². The second-order valence-electron chi connectivity index (χ2n) is 8.31. The van der Waals surface area contributed by atoms with Crippen molar-refractivity contribution in [2.24, 2.45) is 0 Å². The van der Waals surface area contributed by atoms with Gasteiger partial charge in [-0.05, 0) is 78.9 Å². The molecule has 0 saturated carbocycles. The summed E-state index contributed by atoms with van der Waals surface area (Å²) in [6, 6.07) is 25.6. The molecular formula is C27H24BrN5O2S. The molecule has 0 unspecified atom stereocenters. The van der Waals surface area contributed by atoms with E-state index in [1.807, 2.05) is 60.7 Å². The fourth-order valence-electron chi connectivity index (χ4n) is 4.46. The molecule has 1 amide bonds. The van der Waals surface area contributed by atoms with Crippen LogP contribution in [0.1, 0.15) is 23.5 Å². The van der Waals surface area contributed by atoms with E-state index >= 15 is 0 Å². The monoisotopic (exact) mass is 561 g/mol. The number of amides is 1. The van der Waals surface area contributed by atoms with Gasteiger partial charge in [-0.1, -0.05) is 28.1 Å². The van der Waals surface area contributed by atoms with Crippen LogP contribution in [0.5, 0.6) is 0 Å². The molecule has 2 atom stereocenters. The molecule has 2 N–H and O–H groups in total. The summed E-state index contributed by atoms with van der Waals surface area (Å²) in [4.78, 5) is 18.7. The third kappa shape index (κ3) is 4.90. The van der Waals surface area contributed by atoms with Crippen LogP contribution in [-0.2, 0) is 9.53 Å². The smallest absolute Gasteiger partial charge is 0.250 e. The molecule has 1 saturated heterocycles. The van der Waals surface area contributed by atoms with Gasteiger partial charge in [0.05, 0.1) is 11.7 Å². The number of carbonyl (C=O) groups is 1. The Balaban J connectivity index is 1.56. The van der Waals surface area contributed by atoms with Gasteiger partial charge in [0, 0.05) is 46.7 Å². The van der Waals surface area contributed by atoms with Gasteiger partial charge in [-0.2, -0.15) is 0 Å². The van der Waals surface area contributed by atoms with Crippen molar-refractivity contribution in [3.63, 3.8) is 0 Å². The summed E-state index contributed by atoms with van der Waals surface area (Å²) in [6.45, 7) is 0.00228. The fraction of sp³-hybridized carbons (Fsp3) is 0.148. The Hall–Kier alpha value is -3.53. The Morgan fingerprint density at radius 2 is 1.92 bits per heavy atom. The lowest BCUT2D eigenvalue weighted by Gasteiger charge is -2.29. The molecule has 36 heavy (non-hydrogen) atoms. The summed E-state index contributed by atoms with van der Waals surface area (Å²) in [5, 5.41) is 6.93. The Labute approximate surface area is 223 Å². The first-order chi connectivity index (χ1) is 17.5. The van der Waals surface area contributed by atoms with Gasteiger partial charge in [0.1, 0.15) is 12.6 Å². The average Bonchev–Trinajstić information content (AvgIpc) is 3.49. The molecule has 182 valence electrons. The summed E-state index contributed by atoms with van der Waals surface area (Å²) in [5.74, 6) is -0.205. The minimum absolute atomic E-state index is 0.00228. The van der Waals surface area contributed by atoms with Crippen molar-refractivity contribution in [1.82, 2.24) is 14.9 Å². The lowest BCUT2D eigenvalue weighted by Crippen LogP contribution is -2.30. The molecule has 0 aliphatic carbocycles. The number of benzene rings is 2. The topological polar surface area (TPSA) is 71.4 Å². The minimum Gasteiger partial charge on any atom is -0.375 e. The Kier molecular flexibility index (Phi) is 7.13. The molecule has 9 heteroatoms. The molecule has 0 bridgehead atoms. The lowest BCUT2D eigenvalue weighted by molar-refractivity contribution is -0.119. The van der Waals surface area contributed by atoms with Crippen LogP contribution in [0.2, 0.25) is 0 Å². The van der Waals surface area contributed by atoms with E-state index in [1.54, 1.807) is 6.20 Å². The summed E-state index contributed by atoms with van der Waals surface area (Å²) < 4.78 is 8.08. The normalized spacial score (nSPS) is 17.2. The van der Waals surface area contributed by atoms with Crippen LogP contribution in [0.3, 0.4) is 0 Å². The van der Waals surface area contributed by atoms with E-state index in [0.29, 0.717) is 10.8 Å². The van der Waals surface area contributed by atoms with Crippen LogP contribution in [0.25, 0.3) is 5.69 Å². The highest BCUT2D eigenvalue weighted by Crippen LogP contribution is 2.42. The number of nitrogens with zero attached hydrogens (tertiary/aromatic N) is 3. The fourth-order valence-corrected chi connectivity index (χ4v) is 5.20. The van der Waals surface area contributed by atoms with E-state index in [-0.39, 0.29) is 24.6 Å². The summed E-state index contributed by atoms with van der Waals surface area (Å²) in [7, 11) is 1.49. The first-order valence-electron chi connectivity index (χ1n) is 11.4. The molecular weight excluding hydrogens is 538 g/mol. The van der Waals surface area contributed by atoms with E-state index in [2.05, 4.69) is 65.4 Å². The third-order valence-corrected chi connectivity index (χ3v) is 6.78. The second-order valence-corrected chi connectivity index (χ2v) is 9.61. The number of ether oxygens (including phenoxy) is 1. The predicted molar refractivity (Wildman–Crippen MR) is 148 cm³/mol. The van der Waals surface area contributed by atoms with Crippen molar-refractivity contribution in [3.05, 3.63) is 107 Å². The van der Waals surface area contributed by atoms with Crippen LogP contribution >= 0.6 is 28.1 Å². The largest absolute Gasteiger partial charge is 0.375 e. The molecule has 0 radical (unpaired) electrons. The number of halogens is 1. The highest BCUT2D eigenvalue weighted by Gasteiger charge is 2.42. The SMILES string of the molecule is COCC(=O)Nc1ccc(N2C(=S)N[C@@H](c3ccccn3)[C@@H]2c2cccn2-c2cccc(Br)c2)cc1. The molecule has 2 aromatic heterocycles. The van der Waals surface area contributed by atoms with Gasteiger partial charge in [0.2, 0.25) is 5.91 Å². The number of methoxy groups -OCH3 is 1. The highest BCUT2D eigenvalue weighted by atomic mass is 79.9. The first kappa shape index (κ1) is 24.2. The maximum absolute atomic E-state index is 11.9. The molecule has 0 spiro atoms. The predicted octanol–water partition coefficient (Wildman–Crippen LogP) is 5.40. The van der Waals surface area contributed by atoms with Crippen LogP contribution in [0.15, 0.2) is 95.7 Å². The zero-order chi connectivity index (χ0) is 25.1. The van der Waals surface area contributed by atoms with Crippen molar-refractivity contribution in [3.8, 4) is 5.69 Å². The summed E-state index contributed by atoms with van der Waals surface area (Å²) in [5.41, 5.74) is 4.60. The summed E-state index contributed by atoms with van der Waals surface area (Å²) >= 11 is 9.44. The number of anilines is 2. The molecule has 1 aliphatic heterocycles. The van der Waals surface area contributed by atoms with Gasteiger partial charge in [0.15, 0.2) is 5.11 Å². The molecule has 5 rings (SSSR count). The molecule has 3 heterocycles. The number of thiocarbonyl (C=S) groups is 1. The van der Waals surface area contributed by atoms with Gasteiger partial charge >= 0.3 is 0 Å². The number of rotatable bonds is 7. The number of hydrogen-bond acceptors (Lipinski definition) is 4. The van der Waals surface area contributed by atoms with E-state index in [0.717, 1.165) is 27.2 Å². The van der Waals surface area contributed by atoms with Crippen molar-refractivity contribution in [2.75, 3.05) is 23.9 Å². The van der Waals surface area contributed by atoms with Gasteiger partial charge in [-0.25, -0.2) is 0 Å². The highest BCUT2D eigenvalue weighted by molar-refractivity contribution is 9.10. The number of pyridine rings is 1. The van der Waals surface area contributed by atoms with E-state index in [9.17, 15) is 4.79 Å². The molecule has 4 aromatic rings. The van der Waals surface area contributed by atoms with Crippen molar-refractivity contribution in [1.29, 1.82) is 0 Å². The zero-order valence-corrected chi connectivity index (χ0v) is 21.9. The van der Waals surface area contributed by atoms with Crippen LogP contribution in [0, 0.1) is 0 Å². The number of aromatic nitrogens is 2. The van der Waals surface area contributed by atoms with Crippen molar-refractivity contribution >= 4 is 50.5 Å². The van der Waals surface area contributed by atoms with Crippen molar-refractivity contribution in [2.45, 2.75) is 12.1 Å². The van der Waals surface area contributed by atoms with Gasteiger partial charge < -0.3 is 24.8 Å².